The highest BCUT2D eigenvalue weighted by Gasteiger charge is 2.33. The molecule has 37 heavy (non-hydrogen) atoms. The van der Waals surface area contributed by atoms with Crippen LogP contribution in [-0.4, -0.2) is 12.6 Å². The van der Waals surface area contributed by atoms with Crippen molar-refractivity contribution in [3.63, 3.8) is 0 Å². The van der Waals surface area contributed by atoms with Crippen molar-refractivity contribution in [2.75, 3.05) is 6.61 Å². The predicted octanol–water partition coefficient (Wildman–Crippen LogP) is 8.55. The molecule has 1 heterocycles. The molecule has 3 nitrogen and oxygen atoms in total. The van der Waals surface area contributed by atoms with Crippen LogP contribution in [0.1, 0.15) is 34.7 Å². The van der Waals surface area contributed by atoms with E-state index >= 15 is 0 Å². The Labute approximate surface area is 217 Å². The Morgan fingerprint density at radius 3 is 2.14 bits per heavy atom. The van der Waals surface area contributed by atoms with Crippen LogP contribution < -0.4 is 4.74 Å². The lowest BCUT2D eigenvalue weighted by molar-refractivity contribution is -0.157. The topological polar surface area (TPSA) is 35.5 Å². The van der Waals surface area contributed by atoms with Gasteiger partial charge in [-0.2, -0.15) is 13.2 Å². The summed E-state index contributed by atoms with van der Waals surface area (Å²) < 4.78 is 51.5. The summed E-state index contributed by atoms with van der Waals surface area (Å²) in [6.45, 7) is 10.9. The highest BCUT2D eigenvalue weighted by Crippen LogP contribution is 2.44. The number of hydrogen-bond donors (Lipinski definition) is 0. The zero-order chi connectivity index (χ0) is 27.0. The number of hydrogen-bond acceptors (Lipinski definition) is 3. The molecule has 2 atom stereocenters. The number of ether oxygens (including phenoxy) is 2. The number of alkyl halides is 3. The van der Waals surface area contributed by atoms with E-state index in [0.717, 1.165) is 23.3 Å². The van der Waals surface area contributed by atoms with Crippen LogP contribution in [-0.2, 0) is 21.3 Å². The maximum atomic E-state index is 12.9. The van der Waals surface area contributed by atoms with E-state index < -0.39 is 23.3 Å². The van der Waals surface area contributed by atoms with Crippen molar-refractivity contribution >= 4 is 26.5 Å². The number of aryl methyl sites for hydroxylation is 3. The zero-order valence-electron chi connectivity index (χ0n) is 21.1. The number of carbonyl (C=O) groups is 1. The maximum absolute atomic E-state index is 12.9. The van der Waals surface area contributed by atoms with Gasteiger partial charge in [0.2, 0.25) is 0 Å². The third-order valence-electron chi connectivity index (χ3n) is 6.37. The molecule has 4 aromatic rings. The third-order valence-corrected chi connectivity index (χ3v) is 8.53. The predicted molar refractivity (Wildman–Crippen MR) is 143 cm³/mol. The number of halogens is 3. The first-order chi connectivity index (χ1) is 17.4. The van der Waals surface area contributed by atoms with Gasteiger partial charge in [0.25, 0.3) is 0 Å². The first kappa shape index (κ1) is 26.5. The van der Waals surface area contributed by atoms with Gasteiger partial charge in [0.05, 0.1) is 5.56 Å². The van der Waals surface area contributed by atoms with Crippen molar-refractivity contribution in [1.29, 1.82) is 0 Å². The summed E-state index contributed by atoms with van der Waals surface area (Å²) in [6.07, 6.45) is -3.07. The molecule has 0 saturated heterocycles. The van der Waals surface area contributed by atoms with Crippen LogP contribution in [0, 0.1) is 20.8 Å². The molecule has 0 amide bonds. The second-order valence-electron chi connectivity index (χ2n) is 9.17. The Bertz CT molecular complexity index is 1440. The highest BCUT2D eigenvalue weighted by atomic mass is 32.2. The van der Waals surface area contributed by atoms with Crippen LogP contribution in [0.5, 0.6) is 5.75 Å². The largest absolute Gasteiger partial charge is 0.481 e. The van der Waals surface area contributed by atoms with Gasteiger partial charge in [0, 0.05) is 33.6 Å². The molecule has 0 N–H and O–H groups in total. The summed E-state index contributed by atoms with van der Waals surface area (Å²) in [7, 11) is -0.171. The normalized spacial score (nSPS) is 13.8. The average molecular weight is 526 g/mol. The van der Waals surface area contributed by atoms with Crippen LogP contribution >= 0.6 is 10.5 Å². The van der Waals surface area contributed by atoms with Crippen LogP contribution in [0.15, 0.2) is 78.7 Å². The molecule has 7 heteroatoms. The van der Waals surface area contributed by atoms with Gasteiger partial charge >= 0.3 is 12.1 Å². The number of carbonyl (C=O) groups excluding carboxylic acids is 1. The second kappa shape index (κ2) is 10.1. The molecule has 0 aliphatic heterocycles. The van der Waals surface area contributed by atoms with Gasteiger partial charge in [-0.25, -0.2) is 4.79 Å². The molecule has 1 aromatic heterocycles. The highest BCUT2D eigenvalue weighted by molar-refractivity contribution is 7.43. The standard InChI is InChI=1S/C30H28F3O3S/c1-6-29(5,22-11-13-23(14-12-22)30(31,32)33)36-27(34)17-35-28-19(2)15-24(16-20(28)3)37-18-21(4)25-9-7-8-10-26(25)37/h6-16,18H,1,17H2,2-5H3/q+1. The Kier molecular flexibility index (Phi) is 7.20. The summed E-state index contributed by atoms with van der Waals surface area (Å²) in [5, 5.41) is 3.55. The van der Waals surface area contributed by atoms with E-state index in [1.807, 2.05) is 19.9 Å². The Balaban J connectivity index is 1.49. The van der Waals surface area contributed by atoms with E-state index in [4.69, 9.17) is 9.47 Å². The third kappa shape index (κ3) is 5.42. The second-order valence-corrected chi connectivity index (χ2v) is 11.0. The van der Waals surface area contributed by atoms with Gasteiger partial charge in [-0.1, -0.05) is 30.8 Å². The molecule has 4 rings (SSSR count). The van der Waals surface area contributed by atoms with Crippen molar-refractivity contribution in [3.8, 4) is 10.6 Å². The number of benzene rings is 3. The van der Waals surface area contributed by atoms with E-state index in [-0.39, 0.29) is 17.1 Å². The minimum atomic E-state index is -4.45. The lowest BCUT2D eigenvalue weighted by Crippen LogP contribution is -2.29. The molecule has 2 unspecified atom stereocenters. The Morgan fingerprint density at radius 1 is 0.946 bits per heavy atom. The molecular formula is C30H28F3O3S+. The average Bonchev–Trinajstić information content (AvgIpc) is 3.19. The smallest absolute Gasteiger partial charge is 0.416 e. The molecule has 0 fully saturated rings. The van der Waals surface area contributed by atoms with E-state index in [9.17, 15) is 18.0 Å². The lowest BCUT2D eigenvalue weighted by atomic mass is 9.95. The fourth-order valence-corrected chi connectivity index (χ4v) is 6.65. The van der Waals surface area contributed by atoms with Gasteiger partial charge in [-0.15, -0.1) is 0 Å². The fourth-order valence-electron chi connectivity index (χ4n) is 4.35. The Morgan fingerprint density at radius 2 is 1.54 bits per heavy atom. The van der Waals surface area contributed by atoms with Gasteiger partial charge in [0.15, 0.2) is 21.8 Å². The van der Waals surface area contributed by atoms with E-state index in [0.29, 0.717) is 11.3 Å². The van der Waals surface area contributed by atoms with Crippen LogP contribution in [0.3, 0.4) is 0 Å². The van der Waals surface area contributed by atoms with Gasteiger partial charge in [-0.3, -0.25) is 0 Å². The molecule has 0 spiro atoms. The summed E-state index contributed by atoms with van der Waals surface area (Å²) in [6, 6.07) is 17.0. The fraction of sp³-hybridized carbons (Fsp3) is 0.233. The Hall–Kier alpha value is -3.58. The van der Waals surface area contributed by atoms with Crippen LogP contribution in [0.4, 0.5) is 13.2 Å². The molecule has 3 aromatic carbocycles. The first-order valence-corrected chi connectivity index (χ1v) is 13.0. The SMILES string of the molecule is C=CC(C)(OC(=O)COc1c(C)cc(-[s+]2cc(C)c3ccccc32)cc1C)c1ccc(C(F)(F)F)cc1. The van der Waals surface area contributed by atoms with Gasteiger partial charge < -0.3 is 9.47 Å². The van der Waals surface area contributed by atoms with Crippen molar-refractivity contribution in [3.05, 3.63) is 107 Å². The van der Waals surface area contributed by atoms with Crippen molar-refractivity contribution < 1.29 is 27.4 Å². The number of rotatable bonds is 7. The van der Waals surface area contributed by atoms with Crippen LogP contribution in [0.2, 0.25) is 0 Å². The molecule has 0 aliphatic carbocycles. The number of fused-ring (bicyclic) bond motifs is 1. The summed E-state index contributed by atoms with van der Waals surface area (Å²) in [5.74, 6) is -0.0531. The molecule has 0 aliphatic rings. The molecular weight excluding hydrogens is 497 g/mol. The minimum absolute atomic E-state index is 0.171. The van der Waals surface area contributed by atoms with Gasteiger partial charge in [-0.05, 0) is 74.7 Å². The summed E-state index contributed by atoms with van der Waals surface area (Å²) in [5.41, 5.74) is 1.36. The zero-order valence-corrected chi connectivity index (χ0v) is 21.9. The minimum Gasteiger partial charge on any atom is -0.481 e. The maximum Gasteiger partial charge on any atom is 0.416 e. The quantitative estimate of drug-likeness (QED) is 0.138. The first-order valence-electron chi connectivity index (χ1n) is 11.7. The van der Waals surface area contributed by atoms with Crippen molar-refractivity contribution in [1.82, 2.24) is 0 Å². The van der Waals surface area contributed by atoms with Gasteiger partial charge in [0.1, 0.15) is 11.1 Å². The van der Waals surface area contributed by atoms with Crippen LogP contribution in [0.25, 0.3) is 15.0 Å². The molecule has 0 saturated carbocycles. The van der Waals surface area contributed by atoms with E-state index in [2.05, 4.69) is 49.2 Å². The van der Waals surface area contributed by atoms with Crippen molar-refractivity contribution in [2.24, 2.45) is 0 Å². The summed E-state index contributed by atoms with van der Waals surface area (Å²) >= 11 is 0. The monoisotopic (exact) mass is 525 g/mol. The molecule has 192 valence electrons. The summed E-state index contributed by atoms with van der Waals surface area (Å²) in [4.78, 5) is 13.9. The molecule has 0 radical (unpaired) electrons. The lowest BCUT2D eigenvalue weighted by Gasteiger charge is -2.27. The van der Waals surface area contributed by atoms with E-state index in [1.54, 1.807) is 6.92 Å². The van der Waals surface area contributed by atoms with Crippen molar-refractivity contribution in [2.45, 2.75) is 39.5 Å². The number of thiophene rings is 1. The van der Waals surface area contributed by atoms with E-state index in [1.165, 1.54) is 38.8 Å². The number of esters is 1. The molecule has 0 bridgehead atoms.